The summed E-state index contributed by atoms with van der Waals surface area (Å²) in [5.41, 5.74) is 8.79. The van der Waals surface area contributed by atoms with Gasteiger partial charge in [0, 0.05) is 12.2 Å². The topological polar surface area (TPSA) is 42.2 Å². The molecule has 0 aliphatic carbocycles. The molecule has 1 aromatic heterocycles. The summed E-state index contributed by atoms with van der Waals surface area (Å²) in [5, 5.41) is 0. The van der Waals surface area contributed by atoms with Gasteiger partial charge in [0.15, 0.2) is 0 Å². The van der Waals surface area contributed by atoms with E-state index in [1.807, 2.05) is 12.1 Å². The molecule has 0 radical (unpaired) electrons. The molecule has 0 saturated carbocycles. The average Bonchev–Trinajstić information content (AvgIpc) is 2.42. The maximum Gasteiger partial charge on any atom is 0.136 e. The molecule has 0 aliphatic rings. The summed E-state index contributed by atoms with van der Waals surface area (Å²) < 4.78 is 0. The number of nitrogen functional groups attached to an aromatic ring is 1. The van der Waals surface area contributed by atoms with Crippen molar-refractivity contribution < 1.29 is 0 Å². The van der Waals surface area contributed by atoms with E-state index in [2.05, 4.69) is 48.0 Å². The molecule has 0 unspecified atom stereocenters. The number of nitrogens with zero attached hydrogens (tertiary/aromatic N) is 2. The zero-order chi connectivity index (χ0) is 13.7. The fourth-order valence-corrected chi connectivity index (χ4v) is 2.15. The predicted molar refractivity (Wildman–Crippen MR) is 81.7 cm³/mol. The van der Waals surface area contributed by atoms with E-state index in [0.717, 1.165) is 30.8 Å². The van der Waals surface area contributed by atoms with E-state index in [-0.39, 0.29) is 0 Å². The summed E-state index contributed by atoms with van der Waals surface area (Å²) in [5.74, 6) is 0.994. The van der Waals surface area contributed by atoms with Crippen molar-refractivity contribution in [1.29, 1.82) is 0 Å². The molecule has 0 saturated heterocycles. The molecule has 1 heterocycles. The van der Waals surface area contributed by atoms with Crippen LogP contribution in [0.15, 0.2) is 42.6 Å². The number of aryl methyl sites for hydroxylation is 1. The highest BCUT2D eigenvalue weighted by molar-refractivity contribution is 5.64. The lowest BCUT2D eigenvalue weighted by atomic mass is 10.2. The molecule has 0 aliphatic heterocycles. The Kier molecular flexibility index (Phi) is 4.39. The Balaban J connectivity index is 2.37. The van der Waals surface area contributed by atoms with Crippen molar-refractivity contribution in [3.05, 3.63) is 48.2 Å². The largest absolute Gasteiger partial charge is 0.397 e. The van der Waals surface area contributed by atoms with Crippen molar-refractivity contribution in [2.24, 2.45) is 0 Å². The van der Waals surface area contributed by atoms with E-state index in [1.165, 1.54) is 5.69 Å². The van der Waals surface area contributed by atoms with Gasteiger partial charge in [-0.15, -0.1) is 0 Å². The molecule has 1 aromatic carbocycles. The maximum absolute atomic E-state index is 5.79. The molecule has 2 rings (SSSR count). The first-order valence-corrected chi connectivity index (χ1v) is 6.77. The van der Waals surface area contributed by atoms with E-state index in [0.29, 0.717) is 5.69 Å². The Morgan fingerprint density at radius 3 is 2.58 bits per heavy atom. The first kappa shape index (κ1) is 13.4. The minimum Gasteiger partial charge on any atom is -0.397 e. The Morgan fingerprint density at radius 2 is 1.95 bits per heavy atom. The summed E-state index contributed by atoms with van der Waals surface area (Å²) in [6, 6.07) is 12.4. The molecular formula is C16H21N3. The number of hydrogen-bond donors (Lipinski definition) is 1. The van der Waals surface area contributed by atoms with Crippen molar-refractivity contribution >= 4 is 17.2 Å². The van der Waals surface area contributed by atoms with Gasteiger partial charge < -0.3 is 10.6 Å². The van der Waals surface area contributed by atoms with Crippen molar-refractivity contribution in [3.63, 3.8) is 0 Å². The van der Waals surface area contributed by atoms with Crippen LogP contribution in [0.1, 0.15) is 25.3 Å². The Morgan fingerprint density at radius 1 is 1.21 bits per heavy atom. The van der Waals surface area contributed by atoms with Crippen LogP contribution >= 0.6 is 0 Å². The van der Waals surface area contributed by atoms with Crippen molar-refractivity contribution in [2.45, 2.75) is 26.7 Å². The fraction of sp³-hybridized carbons (Fsp3) is 0.312. The third-order valence-electron chi connectivity index (χ3n) is 3.13. The number of hydrogen-bond acceptors (Lipinski definition) is 3. The van der Waals surface area contributed by atoms with E-state index in [1.54, 1.807) is 6.20 Å². The lowest BCUT2D eigenvalue weighted by Crippen LogP contribution is -2.20. The van der Waals surface area contributed by atoms with Crippen LogP contribution in [-0.4, -0.2) is 11.5 Å². The third kappa shape index (κ3) is 3.25. The van der Waals surface area contributed by atoms with Gasteiger partial charge in [-0.2, -0.15) is 0 Å². The van der Waals surface area contributed by atoms with E-state index in [4.69, 9.17) is 5.73 Å². The van der Waals surface area contributed by atoms with Gasteiger partial charge in [0.2, 0.25) is 0 Å². The van der Waals surface area contributed by atoms with Gasteiger partial charge in [0.1, 0.15) is 5.82 Å². The fourth-order valence-electron chi connectivity index (χ4n) is 2.15. The molecule has 2 N–H and O–H groups in total. The lowest BCUT2D eigenvalue weighted by molar-refractivity contribution is 0.778. The zero-order valence-electron chi connectivity index (χ0n) is 11.6. The third-order valence-corrected chi connectivity index (χ3v) is 3.13. The molecule has 0 atom stereocenters. The van der Waals surface area contributed by atoms with Crippen molar-refractivity contribution in [1.82, 2.24) is 4.98 Å². The van der Waals surface area contributed by atoms with Crippen LogP contribution < -0.4 is 10.6 Å². The van der Waals surface area contributed by atoms with Gasteiger partial charge in [-0.1, -0.05) is 31.5 Å². The zero-order valence-corrected chi connectivity index (χ0v) is 11.6. The SMILES string of the molecule is CCCCN(c1ccccc1)c1ncc(N)cc1C. The van der Waals surface area contributed by atoms with Gasteiger partial charge in [-0.05, 0) is 37.1 Å². The number of anilines is 3. The summed E-state index contributed by atoms with van der Waals surface area (Å²) in [6.07, 6.45) is 4.03. The minimum absolute atomic E-state index is 0.713. The molecule has 3 heteroatoms. The van der Waals surface area contributed by atoms with Crippen LogP contribution in [0.3, 0.4) is 0 Å². The van der Waals surface area contributed by atoms with Crippen LogP contribution in [0.5, 0.6) is 0 Å². The molecule has 0 bridgehead atoms. The summed E-state index contributed by atoms with van der Waals surface area (Å²) in [6.45, 7) is 5.23. The number of nitrogens with two attached hydrogens (primary N) is 1. The van der Waals surface area contributed by atoms with Crippen LogP contribution in [0.4, 0.5) is 17.2 Å². The Bertz CT molecular complexity index is 523. The molecule has 0 amide bonds. The van der Waals surface area contributed by atoms with Gasteiger partial charge in [0.05, 0.1) is 11.9 Å². The molecule has 0 spiro atoms. The van der Waals surface area contributed by atoms with Crippen LogP contribution in [0.2, 0.25) is 0 Å². The Labute approximate surface area is 115 Å². The second-order valence-electron chi connectivity index (χ2n) is 4.75. The summed E-state index contributed by atoms with van der Waals surface area (Å²) in [7, 11) is 0. The number of unbranched alkanes of at least 4 members (excludes halogenated alkanes) is 1. The highest BCUT2D eigenvalue weighted by atomic mass is 15.2. The van der Waals surface area contributed by atoms with Gasteiger partial charge in [0.25, 0.3) is 0 Å². The highest BCUT2D eigenvalue weighted by Gasteiger charge is 2.12. The maximum atomic E-state index is 5.79. The van der Waals surface area contributed by atoms with Crippen molar-refractivity contribution in [3.8, 4) is 0 Å². The smallest absolute Gasteiger partial charge is 0.136 e. The predicted octanol–water partition coefficient (Wildman–Crippen LogP) is 3.91. The number of rotatable bonds is 5. The second kappa shape index (κ2) is 6.23. The first-order chi connectivity index (χ1) is 9.22. The molecule has 3 nitrogen and oxygen atoms in total. The minimum atomic E-state index is 0.713. The normalized spacial score (nSPS) is 10.4. The summed E-state index contributed by atoms with van der Waals surface area (Å²) in [4.78, 5) is 6.77. The molecule has 0 fully saturated rings. The molecule has 19 heavy (non-hydrogen) atoms. The number of aromatic nitrogens is 1. The van der Waals surface area contributed by atoms with Crippen molar-refractivity contribution in [2.75, 3.05) is 17.2 Å². The van der Waals surface area contributed by atoms with E-state index in [9.17, 15) is 0 Å². The highest BCUT2D eigenvalue weighted by Crippen LogP contribution is 2.27. The molecule has 100 valence electrons. The molecular weight excluding hydrogens is 234 g/mol. The van der Waals surface area contributed by atoms with Crippen LogP contribution in [-0.2, 0) is 0 Å². The molecule has 2 aromatic rings. The van der Waals surface area contributed by atoms with Gasteiger partial charge in [-0.3, -0.25) is 0 Å². The van der Waals surface area contributed by atoms with Crippen LogP contribution in [0, 0.1) is 6.92 Å². The average molecular weight is 255 g/mol. The second-order valence-corrected chi connectivity index (χ2v) is 4.75. The van der Waals surface area contributed by atoms with E-state index >= 15 is 0 Å². The Hall–Kier alpha value is -2.03. The first-order valence-electron chi connectivity index (χ1n) is 6.77. The lowest BCUT2D eigenvalue weighted by Gasteiger charge is -2.25. The summed E-state index contributed by atoms with van der Waals surface area (Å²) >= 11 is 0. The number of benzene rings is 1. The standard InChI is InChI=1S/C16H21N3/c1-3-4-10-19(15-8-6-5-7-9-15)16-13(2)11-14(17)12-18-16/h5-9,11-12H,3-4,10,17H2,1-2H3. The number of para-hydroxylation sites is 1. The monoisotopic (exact) mass is 255 g/mol. The number of pyridine rings is 1. The van der Waals surface area contributed by atoms with Gasteiger partial charge >= 0.3 is 0 Å². The quantitative estimate of drug-likeness (QED) is 0.880. The van der Waals surface area contributed by atoms with Crippen LogP contribution in [0.25, 0.3) is 0 Å². The van der Waals surface area contributed by atoms with Gasteiger partial charge in [-0.25, -0.2) is 4.98 Å². The van der Waals surface area contributed by atoms with E-state index < -0.39 is 0 Å².